The minimum absolute atomic E-state index is 0.160. The van der Waals surface area contributed by atoms with Crippen LogP contribution in [-0.4, -0.2) is 46.8 Å². The number of carbonyl (C=O) groups is 1. The van der Waals surface area contributed by atoms with Crippen LogP contribution in [-0.2, 0) is 9.53 Å². The van der Waals surface area contributed by atoms with Crippen LogP contribution in [0.2, 0.25) is 0 Å². The molecule has 0 spiro atoms. The number of anilines is 1. The second kappa shape index (κ2) is 8.22. The highest BCUT2D eigenvalue weighted by molar-refractivity contribution is 5.92. The number of likely N-dealkylation sites (tertiary alicyclic amines) is 1. The molecule has 1 aliphatic heterocycles. The Labute approximate surface area is 177 Å². The number of hydrogen-bond donors (Lipinski definition) is 2. The van der Waals surface area contributed by atoms with E-state index in [1.54, 1.807) is 9.42 Å². The normalized spacial score (nSPS) is 22.3. The number of rotatable bonds is 5. The van der Waals surface area contributed by atoms with Crippen LogP contribution in [0, 0.1) is 6.92 Å². The van der Waals surface area contributed by atoms with Crippen LogP contribution in [0.15, 0.2) is 34.4 Å². The van der Waals surface area contributed by atoms with Crippen LogP contribution in [0.4, 0.5) is 5.82 Å². The zero-order valence-corrected chi connectivity index (χ0v) is 18.4. The maximum absolute atomic E-state index is 12.2. The van der Waals surface area contributed by atoms with Gasteiger partial charge in [-0.05, 0) is 33.3 Å². The first kappa shape index (κ1) is 20.6. The van der Waals surface area contributed by atoms with Crippen molar-refractivity contribution < 1.29 is 14.4 Å². The van der Waals surface area contributed by atoms with E-state index >= 15 is 0 Å². The van der Waals surface area contributed by atoms with E-state index in [-0.39, 0.29) is 5.97 Å². The van der Waals surface area contributed by atoms with Gasteiger partial charge in [-0.1, -0.05) is 5.57 Å². The van der Waals surface area contributed by atoms with E-state index < -0.39 is 0 Å². The molecular weight excluding hydrogens is 378 g/mol. The van der Waals surface area contributed by atoms with Crippen LogP contribution in [0.25, 0.3) is 5.65 Å². The zero-order chi connectivity index (χ0) is 21.4. The number of piperidine rings is 1. The second-order valence-corrected chi connectivity index (χ2v) is 8.62. The van der Waals surface area contributed by atoms with Gasteiger partial charge < -0.3 is 15.4 Å². The topological polar surface area (TPSA) is 87.0 Å². The summed E-state index contributed by atoms with van der Waals surface area (Å²) in [5.41, 5.74) is 13.6. The summed E-state index contributed by atoms with van der Waals surface area (Å²) in [4.78, 5) is 18.6. The number of quaternary nitrogens is 1. The van der Waals surface area contributed by atoms with Crippen molar-refractivity contribution in [3.05, 3.63) is 45.8 Å². The Morgan fingerprint density at radius 1 is 1.27 bits per heavy atom. The van der Waals surface area contributed by atoms with Crippen LogP contribution < -0.4 is 10.6 Å². The summed E-state index contributed by atoms with van der Waals surface area (Å²) >= 11 is 0. The fourth-order valence-corrected chi connectivity index (χ4v) is 4.82. The molecule has 2 aliphatic rings. The Balaban J connectivity index is 1.42. The molecule has 1 aliphatic carbocycles. The molecule has 0 aromatic carbocycles. The maximum atomic E-state index is 12.2. The summed E-state index contributed by atoms with van der Waals surface area (Å²) in [6, 6.07) is 3.96. The first-order chi connectivity index (χ1) is 14.4. The third-order valence-corrected chi connectivity index (χ3v) is 6.52. The lowest BCUT2D eigenvalue weighted by Crippen LogP contribution is -3.13. The van der Waals surface area contributed by atoms with Crippen molar-refractivity contribution in [2.45, 2.75) is 52.9 Å². The molecule has 3 N–H and O–H groups in total. The Kier molecular flexibility index (Phi) is 5.64. The highest BCUT2D eigenvalue weighted by Crippen LogP contribution is 2.32. The smallest absolute Gasteiger partial charge is 0.334 e. The summed E-state index contributed by atoms with van der Waals surface area (Å²) < 4.78 is 6.95. The standard InChI is InChI=1S/C23H31N5O2/c1-5-30-23(29)18-10-14(2)19(16(18)4)13-27-8-6-17(7-9-27)20-12-21(24)28-22(25-20)11-15(3)26-28/h11-12,17H,5-10,13,24H2,1-4H3/p+1. The van der Waals surface area contributed by atoms with Gasteiger partial charge in [0.15, 0.2) is 5.65 Å². The van der Waals surface area contributed by atoms with E-state index in [4.69, 9.17) is 15.5 Å². The zero-order valence-electron chi connectivity index (χ0n) is 18.4. The molecular formula is C23H32N5O2+. The average molecular weight is 411 g/mol. The van der Waals surface area contributed by atoms with Crippen LogP contribution in [0.5, 0.6) is 0 Å². The molecule has 0 bridgehead atoms. The minimum Gasteiger partial charge on any atom is -0.463 e. The molecule has 0 saturated carbocycles. The lowest BCUT2D eigenvalue weighted by atomic mass is 9.92. The Morgan fingerprint density at radius 2 is 2.00 bits per heavy atom. The predicted octanol–water partition coefficient (Wildman–Crippen LogP) is 1.98. The van der Waals surface area contributed by atoms with Crippen molar-refractivity contribution in [1.82, 2.24) is 14.6 Å². The van der Waals surface area contributed by atoms with Crippen molar-refractivity contribution in [1.29, 1.82) is 0 Å². The first-order valence-corrected chi connectivity index (χ1v) is 10.9. The van der Waals surface area contributed by atoms with E-state index in [1.807, 2.05) is 26.0 Å². The minimum atomic E-state index is -0.160. The molecule has 0 unspecified atom stereocenters. The van der Waals surface area contributed by atoms with Gasteiger partial charge in [0, 0.05) is 48.5 Å². The number of aromatic nitrogens is 3. The molecule has 7 heteroatoms. The molecule has 1 fully saturated rings. The van der Waals surface area contributed by atoms with Crippen molar-refractivity contribution >= 4 is 17.4 Å². The number of nitrogens with one attached hydrogen (secondary N) is 1. The number of nitrogens with zero attached hydrogens (tertiary/aromatic N) is 3. The van der Waals surface area contributed by atoms with E-state index in [1.165, 1.54) is 11.1 Å². The Hall–Kier alpha value is -2.67. The van der Waals surface area contributed by atoms with Gasteiger partial charge in [-0.15, -0.1) is 0 Å². The van der Waals surface area contributed by atoms with E-state index in [0.717, 1.165) is 67.1 Å². The number of fused-ring (bicyclic) bond motifs is 1. The van der Waals surface area contributed by atoms with E-state index in [9.17, 15) is 4.79 Å². The lowest BCUT2D eigenvalue weighted by molar-refractivity contribution is -0.900. The summed E-state index contributed by atoms with van der Waals surface area (Å²) in [5.74, 6) is 0.922. The van der Waals surface area contributed by atoms with Gasteiger partial charge in [-0.25, -0.2) is 9.78 Å². The van der Waals surface area contributed by atoms with Gasteiger partial charge in [-0.3, -0.25) is 0 Å². The number of hydrogen-bond acceptors (Lipinski definition) is 5. The quantitative estimate of drug-likeness (QED) is 0.736. The molecule has 0 radical (unpaired) electrons. The molecule has 160 valence electrons. The number of nitrogens with two attached hydrogens (primary N) is 1. The highest BCUT2D eigenvalue weighted by atomic mass is 16.5. The van der Waals surface area contributed by atoms with E-state index in [2.05, 4.69) is 18.9 Å². The van der Waals surface area contributed by atoms with Crippen LogP contribution in [0.3, 0.4) is 0 Å². The summed E-state index contributed by atoms with van der Waals surface area (Å²) in [7, 11) is 0. The van der Waals surface area contributed by atoms with Crippen LogP contribution >= 0.6 is 0 Å². The molecule has 4 rings (SSSR count). The third-order valence-electron chi connectivity index (χ3n) is 6.52. The van der Waals surface area contributed by atoms with Crippen LogP contribution in [0.1, 0.15) is 57.3 Å². The van der Waals surface area contributed by atoms with Gasteiger partial charge in [0.25, 0.3) is 0 Å². The van der Waals surface area contributed by atoms with Crippen molar-refractivity contribution in [3.63, 3.8) is 0 Å². The number of nitrogen functional groups attached to an aromatic ring is 1. The monoisotopic (exact) mass is 410 g/mol. The summed E-state index contributed by atoms with van der Waals surface area (Å²) in [5, 5.41) is 4.40. The molecule has 0 amide bonds. The van der Waals surface area contributed by atoms with Crippen molar-refractivity contribution in [3.8, 4) is 0 Å². The SMILES string of the molecule is CCOC(=O)C1=C(C)C(C[NH+]2CCC(c3cc(N)n4nc(C)cc4n3)CC2)=C(C)C1. The number of carbonyl (C=O) groups excluding carboxylic acids is 1. The number of esters is 1. The fourth-order valence-electron chi connectivity index (χ4n) is 4.82. The highest BCUT2D eigenvalue weighted by Gasteiger charge is 2.30. The van der Waals surface area contributed by atoms with Gasteiger partial charge in [-0.2, -0.15) is 9.61 Å². The summed E-state index contributed by atoms with van der Waals surface area (Å²) in [6.07, 6.45) is 2.90. The second-order valence-electron chi connectivity index (χ2n) is 8.62. The molecule has 0 atom stereocenters. The van der Waals surface area contributed by atoms with Crippen molar-refractivity contribution in [2.75, 3.05) is 32.0 Å². The molecule has 3 heterocycles. The lowest BCUT2D eigenvalue weighted by Gasteiger charge is -2.30. The Morgan fingerprint density at radius 3 is 2.70 bits per heavy atom. The average Bonchev–Trinajstić information content (AvgIpc) is 3.23. The molecule has 2 aromatic rings. The summed E-state index contributed by atoms with van der Waals surface area (Å²) in [6.45, 7) is 11.6. The molecule has 7 nitrogen and oxygen atoms in total. The predicted molar refractivity (Wildman–Crippen MR) is 116 cm³/mol. The maximum Gasteiger partial charge on any atom is 0.334 e. The van der Waals surface area contributed by atoms with E-state index in [0.29, 0.717) is 18.3 Å². The number of allylic oxidation sites excluding steroid dienone is 1. The molecule has 30 heavy (non-hydrogen) atoms. The van der Waals surface area contributed by atoms with Gasteiger partial charge in [0.05, 0.1) is 31.1 Å². The molecule has 2 aromatic heterocycles. The van der Waals surface area contributed by atoms with Gasteiger partial charge in [0.2, 0.25) is 0 Å². The number of aryl methyl sites for hydroxylation is 1. The van der Waals surface area contributed by atoms with Gasteiger partial charge in [0.1, 0.15) is 12.4 Å². The third kappa shape index (κ3) is 3.86. The fraction of sp³-hybridized carbons (Fsp3) is 0.522. The first-order valence-electron chi connectivity index (χ1n) is 10.9. The van der Waals surface area contributed by atoms with Crippen molar-refractivity contribution in [2.24, 2.45) is 0 Å². The Bertz CT molecular complexity index is 1040. The number of ether oxygens (including phenoxy) is 1. The van der Waals surface area contributed by atoms with Gasteiger partial charge >= 0.3 is 5.97 Å². The molecule has 1 saturated heterocycles. The largest absolute Gasteiger partial charge is 0.463 e.